The second kappa shape index (κ2) is 18.3. The minimum Gasteiger partial charge on any atom is -0.444 e. The van der Waals surface area contributed by atoms with Gasteiger partial charge < -0.3 is 35.6 Å². The van der Waals surface area contributed by atoms with E-state index in [4.69, 9.17) is 9.47 Å². The number of rotatable bonds is 13. The molecule has 4 atom stereocenters. The van der Waals surface area contributed by atoms with Gasteiger partial charge >= 0.3 is 12.1 Å². The average Bonchev–Trinajstić information content (AvgIpc) is 3.44. The molecule has 0 radical (unpaired) electrons. The molecule has 16 heteroatoms. The van der Waals surface area contributed by atoms with Crippen molar-refractivity contribution in [3.8, 4) is 0 Å². The van der Waals surface area contributed by atoms with Gasteiger partial charge in [-0.15, -0.1) is 0 Å². The fourth-order valence-corrected chi connectivity index (χ4v) is 5.40. The monoisotopic (exact) mass is 745 g/mol. The molecule has 1 aliphatic rings. The van der Waals surface area contributed by atoms with E-state index in [1.165, 1.54) is 9.91 Å². The minimum absolute atomic E-state index is 0.0534. The molecule has 16 nitrogen and oxygen atoms in total. The number of urea groups is 1. The van der Waals surface area contributed by atoms with Gasteiger partial charge in [-0.25, -0.2) is 19.6 Å². The normalized spacial score (nSPS) is 16.5. The second-order valence-electron chi connectivity index (χ2n) is 16.2. The number of ether oxygens (including phenoxy) is 2. The lowest BCUT2D eigenvalue weighted by Gasteiger charge is -2.39. The number of hydrogen-bond donors (Lipinski definition) is 4. The highest BCUT2D eigenvalue weighted by molar-refractivity contribution is 6.38. The van der Waals surface area contributed by atoms with Crippen LogP contribution in [0.5, 0.6) is 0 Å². The van der Waals surface area contributed by atoms with E-state index in [0.29, 0.717) is 12.0 Å². The first-order valence-corrected chi connectivity index (χ1v) is 17.8. The number of benzene rings is 1. The first kappa shape index (κ1) is 44.4. The molecule has 4 N–H and O–H groups in total. The minimum atomic E-state index is -1.32. The van der Waals surface area contributed by atoms with Crippen molar-refractivity contribution in [3.63, 3.8) is 0 Å². The Morgan fingerprint density at radius 2 is 1.47 bits per heavy atom. The van der Waals surface area contributed by atoms with Crippen LogP contribution >= 0.6 is 0 Å². The third kappa shape index (κ3) is 13.6. The number of alkyl carbamates (subject to hydrolysis) is 1. The number of Topliss-reactive ketones (excluding diaryl/α,β-unsaturated/α-hetero) is 1. The number of carbonyl (C=O) groups is 7. The lowest BCUT2D eigenvalue weighted by Crippen LogP contribution is -2.62. The average molecular weight is 746 g/mol. The molecule has 0 spiro atoms. The Balaban J connectivity index is 2.28. The zero-order valence-electron chi connectivity index (χ0n) is 33.2. The number of ketones is 1. The quantitative estimate of drug-likeness (QED) is 0.220. The van der Waals surface area contributed by atoms with Gasteiger partial charge in [0.05, 0.1) is 18.2 Å². The van der Waals surface area contributed by atoms with Crippen LogP contribution in [0.15, 0.2) is 30.3 Å². The van der Waals surface area contributed by atoms with Crippen molar-refractivity contribution in [2.24, 2.45) is 5.41 Å². The predicted molar refractivity (Wildman–Crippen MR) is 197 cm³/mol. The molecule has 0 bridgehead atoms. The highest BCUT2D eigenvalue weighted by Gasteiger charge is 2.47. The number of nitrogens with one attached hydrogen (secondary N) is 4. The summed E-state index contributed by atoms with van der Waals surface area (Å²) in [7, 11) is 3.09. The number of nitrogens with zero attached hydrogens (tertiary/aromatic N) is 3. The molecule has 1 aliphatic heterocycles. The number of hydrogen-bond acceptors (Lipinski definition) is 9. The zero-order valence-corrected chi connectivity index (χ0v) is 33.2. The number of likely N-dealkylation sites (N-methyl/N-ethyl adjacent to an activating group) is 1. The summed E-state index contributed by atoms with van der Waals surface area (Å²) in [6.07, 6.45) is -1.06. The molecule has 53 heavy (non-hydrogen) atoms. The lowest BCUT2D eigenvalue weighted by atomic mass is 9.86. The summed E-state index contributed by atoms with van der Waals surface area (Å²) in [6.45, 7) is 16.9. The summed E-state index contributed by atoms with van der Waals surface area (Å²) < 4.78 is 11.6. The fraction of sp³-hybridized carbons (Fsp3) is 0.649. The smallest absolute Gasteiger partial charge is 0.408 e. The molecule has 2 rings (SSSR count). The van der Waals surface area contributed by atoms with Gasteiger partial charge in [0.15, 0.2) is 6.23 Å². The maximum Gasteiger partial charge on any atom is 0.408 e. The van der Waals surface area contributed by atoms with Gasteiger partial charge in [-0.3, -0.25) is 24.0 Å². The largest absolute Gasteiger partial charge is 0.444 e. The van der Waals surface area contributed by atoms with Crippen LogP contribution in [0.4, 0.5) is 9.59 Å². The molecule has 0 aliphatic carbocycles. The van der Waals surface area contributed by atoms with E-state index >= 15 is 0 Å². The van der Waals surface area contributed by atoms with Crippen LogP contribution in [0, 0.1) is 5.41 Å². The van der Waals surface area contributed by atoms with Gasteiger partial charge in [0.1, 0.15) is 17.7 Å². The van der Waals surface area contributed by atoms with Crippen LogP contribution in [-0.2, 0) is 33.4 Å². The molecule has 0 aromatic heterocycles. The molecule has 1 heterocycles. The van der Waals surface area contributed by atoms with Crippen LogP contribution in [0.25, 0.3) is 0 Å². The Bertz CT molecular complexity index is 1480. The van der Waals surface area contributed by atoms with Crippen molar-refractivity contribution in [3.05, 3.63) is 35.9 Å². The summed E-state index contributed by atoms with van der Waals surface area (Å²) in [5.41, 5.74) is -1.85. The SMILES string of the molecule is CCC[C@@H](NC(=O)N1[C@@H](OC(C)(C)C)CCN1C(=O)[C@@H](NC(=O)OC(C)(C)C)C(C)(C)C)C(=O)C(=O)NCC(=O)NC(C(=O)N(C)C)c1ccccc1. The molecular formula is C37H59N7O9. The second-order valence-corrected chi connectivity index (χ2v) is 16.2. The lowest BCUT2D eigenvalue weighted by molar-refractivity contribution is -0.167. The third-order valence-electron chi connectivity index (χ3n) is 7.80. The number of carbonyl (C=O) groups excluding carboxylic acids is 7. The molecule has 1 aromatic rings. The van der Waals surface area contributed by atoms with Crippen molar-refractivity contribution in [1.82, 2.24) is 36.2 Å². The summed E-state index contributed by atoms with van der Waals surface area (Å²) >= 11 is 0. The maximum absolute atomic E-state index is 14.2. The summed E-state index contributed by atoms with van der Waals surface area (Å²) in [5.74, 6) is -3.85. The van der Waals surface area contributed by atoms with Crippen molar-refractivity contribution in [1.29, 1.82) is 0 Å². The highest BCUT2D eigenvalue weighted by atomic mass is 16.6. The highest BCUT2D eigenvalue weighted by Crippen LogP contribution is 2.29. The Kier molecular flexibility index (Phi) is 15.4. The summed E-state index contributed by atoms with van der Waals surface area (Å²) in [6, 6.07) is 4.22. The van der Waals surface area contributed by atoms with Crippen molar-refractivity contribution >= 4 is 41.5 Å². The van der Waals surface area contributed by atoms with Crippen molar-refractivity contribution in [2.75, 3.05) is 27.2 Å². The topological polar surface area (TPSA) is 196 Å². The van der Waals surface area contributed by atoms with Crippen LogP contribution in [0.1, 0.15) is 100 Å². The molecular weight excluding hydrogens is 686 g/mol. The number of amides is 7. The van der Waals surface area contributed by atoms with E-state index in [1.54, 1.807) is 114 Å². The first-order chi connectivity index (χ1) is 24.4. The van der Waals surface area contributed by atoms with Gasteiger partial charge in [0.25, 0.3) is 11.8 Å². The first-order valence-electron chi connectivity index (χ1n) is 17.8. The van der Waals surface area contributed by atoms with Gasteiger partial charge in [-0.2, -0.15) is 0 Å². The molecule has 1 aromatic carbocycles. The van der Waals surface area contributed by atoms with E-state index in [-0.39, 0.29) is 19.4 Å². The van der Waals surface area contributed by atoms with E-state index in [2.05, 4.69) is 21.3 Å². The van der Waals surface area contributed by atoms with Gasteiger partial charge in [-0.05, 0) is 58.9 Å². The van der Waals surface area contributed by atoms with Gasteiger partial charge in [-0.1, -0.05) is 64.4 Å². The van der Waals surface area contributed by atoms with Gasteiger partial charge in [0, 0.05) is 27.1 Å². The molecule has 1 fully saturated rings. The fourth-order valence-electron chi connectivity index (χ4n) is 5.40. The predicted octanol–water partition coefficient (Wildman–Crippen LogP) is 3.03. The Hall–Kier alpha value is -4.73. The van der Waals surface area contributed by atoms with Crippen LogP contribution in [0.3, 0.4) is 0 Å². The molecule has 296 valence electrons. The summed E-state index contributed by atoms with van der Waals surface area (Å²) in [5, 5.41) is 12.4. The van der Waals surface area contributed by atoms with Gasteiger partial charge in [0.2, 0.25) is 17.6 Å². The molecule has 1 saturated heterocycles. The molecule has 7 amide bonds. The van der Waals surface area contributed by atoms with E-state index in [9.17, 15) is 33.6 Å². The van der Waals surface area contributed by atoms with E-state index in [1.807, 2.05) is 0 Å². The Morgan fingerprint density at radius 3 is 1.98 bits per heavy atom. The third-order valence-corrected chi connectivity index (χ3v) is 7.80. The van der Waals surface area contributed by atoms with Crippen LogP contribution in [0.2, 0.25) is 0 Å². The van der Waals surface area contributed by atoms with Crippen LogP contribution in [-0.4, -0.2) is 113 Å². The maximum atomic E-state index is 14.2. The molecule has 0 saturated carbocycles. The van der Waals surface area contributed by atoms with Crippen molar-refractivity contribution < 1.29 is 43.0 Å². The Morgan fingerprint density at radius 1 is 0.868 bits per heavy atom. The Labute approximate surface area is 313 Å². The summed E-state index contributed by atoms with van der Waals surface area (Å²) in [4.78, 5) is 94.5. The van der Waals surface area contributed by atoms with Crippen LogP contribution < -0.4 is 21.3 Å². The standard InChI is InChI=1S/C37H59N7O9/c1-13-17-24(28(46)30(47)38-22-25(45)40-27(31(48)42(11)12)23-18-15-14-16-19-23)39-33(50)44-26(52-36(5,6)7)20-21-43(44)32(49)29(35(2,3)4)41-34(51)53-37(8,9)10/h14-16,18-19,24,26-27,29H,13,17,20-22H2,1-12H3,(H,38,47)(H,39,50)(H,40,45)(H,41,51)/t24-,26+,27?,29-/m1/s1. The van der Waals surface area contributed by atoms with E-state index < -0.39 is 89.1 Å². The van der Waals surface area contributed by atoms with Crippen molar-refractivity contribution in [2.45, 2.75) is 124 Å². The van der Waals surface area contributed by atoms with E-state index in [0.717, 1.165) is 5.01 Å². The zero-order chi connectivity index (χ0) is 40.5. The number of hydrazine groups is 1. The molecule has 1 unspecified atom stereocenters.